The summed E-state index contributed by atoms with van der Waals surface area (Å²) >= 11 is 0. The van der Waals surface area contributed by atoms with Gasteiger partial charge in [-0.3, -0.25) is 9.79 Å². The average Bonchev–Trinajstić information content (AvgIpc) is 2.87. The van der Waals surface area contributed by atoms with Crippen molar-refractivity contribution in [2.24, 2.45) is 16.6 Å². The van der Waals surface area contributed by atoms with Crippen LogP contribution in [0, 0.1) is 5.92 Å². The number of carbonyl (C=O) groups excluding carboxylic acids is 1. The first-order valence-electron chi connectivity index (χ1n) is 10.4. The summed E-state index contributed by atoms with van der Waals surface area (Å²) < 4.78 is 2.29. The Hall–Kier alpha value is -1.39. The molecule has 1 saturated heterocycles. The summed E-state index contributed by atoms with van der Waals surface area (Å²) in [4.78, 5) is 18.4. The van der Waals surface area contributed by atoms with Gasteiger partial charge in [-0.25, -0.2) is 0 Å². The van der Waals surface area contributed by atoms with Gasteiger partial charge in [-0.15, -0.1) is 34.2 Å². The number of halogens is 1. The maximum absolute atomic E-state index is 11.3. The Balaban J connectivity index is 0.00000280. The van der Waals surface area contributed by atoms with Gasteiger partial charge in [0.1, 0.15) is 11.6 Å². The number of aliphatic imine (C=N–C) groups is 1. The number of amides is 1. The lowest BCUT2D eigenvalue weighted by molar-refractivity contribution is -0.119. The number of hydrogen-bond acceptors (Lipinski definition) is 4. The maximum Gasteiger partial charge on any atom is 0.217 e. The minimum absolute atomic E-state index is 0. The van der Waals surface area contributed by atoms with Gasteiger partial charge in [0.25, 0.3) is 0 Å². The molecule has 0 aromatic carbocycles. The minimum atomic E-state index is -0.212. The van der Waals surface area contributed by atoms with Gasteiger partial charge in [0.05, 0.1) is 0 Å². The average molecular weight is 503 g/mol. The summed E-state index contributed by atoms with van der Waals surface area (Å²) in [6.07, 6.45) is 8.12. The lowest BCUT2D eigenvalue weighted by Gasteiger charge is -2.34. The van der Waals surface area contributed by atoms with Gasteiger partial charge in [-0.05, 0) is 38.5 Å². The van der Waals surface area contributed by atoms with E-state index in [4.69, 9.17) is 10.7 Å². The van der Waals surface area contributed by atoms with Crippen molar-refractivity contribution in [1.82, 2.24) is 25.0 Å². The highest BCUT2D eigenvalue weighted by Gasteiger charge is 2.23. The van der Waals surface area contributed by atoms with Crippen LogP contribution in [0.2, 0.25) is 0 Å². The highest BCUT2D eigenvalue weighted by molar-refractivity contribution is 14.0. The first kappa shape index (κ1) is 22.9. The van der Waals surface area contributed by atoms with Crippen LogP contribution < -0.4 is 11.1 Å². The second-order valence-corrected chi connectivity index (χ2v) is 7.61. The van der Waals surface area contributed by atoms with Crippen LogP contribution in [-0.4, -0.2) is 57.7 Å². The van der Waals surface area contributed by atoms with E-state index in [1.165, 1.54) is 19.3 Å². The third kappa shape index (κ3) is 6.31. The first-order chi connectivity index (χ1) is 13.2. The van der Waals surface area contributed by atoms with Crippen molar-refractivity contribution in [2.75, 3.05) is 26.2 Å². The molecular weight excluding hydrogens is 469 g/mol. The van der Waals surface area contributed by atoms with Gasteiger partial charge >= 0.3 is 0 Å². The summed E-state index contributed by atoms with van der Waals surface area (Å²) in [7, 11) is 0. The van der Waals surface area contributed by atoms with E-state index in [-0.39, 0.29) is 29.9 Å². The quantitative estimate of drug-likeness (QED) is 0.350. The standard InChI is InChI=1S/C19H33N7O.HI/c1-2-21-19(25-11-6-7-15(14-25)13-16(20)27)22-10-9-18-24-23-17-8-4-3-5-12-26(17)18;/h15H,2-14H2,1H3,(H2,20,27)(H,21,22);1H. The maximum atomic E-state index is 11.3. The third-order valence-electron chi connectivity index (χ3n) is 5.43. The Morgan fingerprint density at radius 3 is 2.89 bits per heavy atom. The van der Waals surface area contributed by atoms with Gasteiger partial charge in [-0.2, -0.15) is 0 Å². The highest BCUT2D eigenvalue weighted by Crippen LogP contribution is 2.19. The van der Waals surface area contributed by atoms with Crippen LogP contribution in [0.1, 0.15) is 57.1 Å². The molecule has 0 radical (unpaired) electrons. The summed E-state index contributed by atoms with van der Waals surface area (Å²) in [6.45, 7) is 6.45. The van der Waals surface area contributed by atoms with Gasteiger partial charge < -0.3 is 20.5 Å². The van der Waals surface area contributed by atoms with E-state index >= 15 is 0 Å². The van der Waals surface area contributed by atoms with Crippen LogP contribution in [0.5, 0.6) is 0 Å². The van der Waals surface area contributed by atoms with Crippen molar-refractivity contribution in [3.05, 3.63) is 11.6 Å². The fraction of sp³-hybridized carbons (Fsp3) is 0.789. The van der Waals surface area contributed by atoms with Crippen molar-refractivity contribution in [1.29, 1.82) is 0 Å². The highest BCUT2D eigenvalue weighted by atomic mass is 127. The molecular formula is C19H34IN7O. The predicted molar refractivity (Wildman–Crippen MR) is 121 cm³/mol. The number of hydrogen-bond donors (Lipinski definition) is 2. The van der Waals surface area contributed by atoms with E-state index in [0.29, 0.717) is 18.9 Å². The molecule has 9 heteroatoms. The van der Waals surface area contributed by atoms with Crippen LogP contribution in [0.3, 0.4) is 0 Å². The fourth-order valence-corrected chi connectivity index (χ4v) is 4.13. The number of piperidine rings is 1. The second kappa shape index (κ2) is 11.6. The van der Waals surface area contributed by atoms with Crippen molar-refractivity contribution < 1.29 is 4.79 Å². The zero-order valence-electron chi connectivity index (χ0n) is 16.9. The van der Waals surface area contributed by atoms with E-state index in [1.54, 1.807) is 0 Å². The molecule has 1 amide bonds. The molecule has 1 atom stereocenters. The van der Waals surface area contributed by atoms with Crippen LogP contribution in [0.25, 0.3) is 0 Å². The van der Waals surface area contributed by atoms with E-state index in [1.807, 2.05) is 0 Å². The van der Waals surface area contributed by atoms with Crippen LogP contribution in [0.15, 0.2) is 4.99 Å². The number of likely N-dealkylation sites (tertiary alicyclic amines) is 1. The molecule has 8 nitrogen and oxygen atoms in total. The summed E-state index contributed by atoms with van der Waals surface area (Å²) in [6, 6.07) is 0. The monoisotopic (exact) mass is 503 g/mol. The Kier molecular flexibility index (Phi) is 9.46. The van der Waals surface area contributed by atoms with Crippen molar-refractivity contribution in [3.63, 3.8) is 0 Å². The SMILES string of the molecule is CCNC(=NCCc1nnc2n1CCCCC2)N1CCCC(CC(N)=O)C1.I. The van der Waals surface area contributed by atoms with Gasteiger partial charge in [-0.1, -0.05) is 6.42 Å². The molecule has 0 spiro atoms. The zero-order chi connectivity index (χ0) is 19.1. The molecule has 1 unspecified atom stereocenters. The van der Waals surface area contributed by atoms with E-state index in [0.717, 1.165) is 69.5 Å². The van der Waals surface area contributed by atoms with Crippen LogP contribution in [-0.2, 0) is 24.2 Å². The molecule has 1 aromatic rings. The summed E-state index contributed by atoms with van der Waals surface area (Å²) in [5.41, 5.74) is 5.39. The smallest absolute Gasteiger partial charge is 0.217 e. The van der Waals surface area contributed by atoms with E-state index in [2.05, 4.69) is 31.9 Å². The number of nitrogens with one attached hydrogen (secondary N) is 1. The molecule has 3 N–H and O–H groups in total. The lowest BCUT2D eigenvalue weighted by atomic mass is 9.95. The van der Waals surface area contributed by atoms with Crippen molar-refractivity contribution in [2.45, 2.75) is 64.8 Å². The number of primary amides is 1. The van der Waals surface area contributed by atoms with Gasteiger partial charge in [0, 0.05) is 52.0 Å². The topological polar surface area (TPSA) is 101 Å². The largest absolute Gasteiger partial charge is 0.370 e. The van der Waals surface area contributed by atoms with E-state index in [9.17, 15) is 4.79 Å². The van der Waals surface area contributed by atoms with Crippen LogP contribution in [0.4, 0.5) is 0 Å². The molecule has 0 aliphatic carbocycles. The third-order valence-corrected chi connectivity index (χ3v) is 5.43. The Morgan fingerprint density at radius 1 is 1.25 bits per heavy atom. The fourth-order valence-electron chi connectivity index (χ4n) is 4.13. The Morgan fingerprint density at radius 2 is 2.11 bits per heavy atom. The number of guanidine groups is 1. The molecule has 1 aromatic heterocycles. The lowest BCUT2D eigenvalue weighted by Crippen LogP contribution is -2.47. The second-order valence-electron chi connectivity index (χ2n) is 7.61. The number of carbonyl (C=O) groups is 1. The summed E-state index contributed by atoms with van der Waals surface area (Å²) in [5, 5.41) is 12.2. The number of rotatable bonds is 6. The van der Waals surface area contributed by atoms with E-state index < -0.39 is 0 Å². The Bertz CT molecular complexity index is 661. The number of nitrogens with two attached hydrogens (primary N) is 1. The number of fused-ring (bicyclic) bond motifs is 1. The zero-order valence-corrected chi connectivity index (χ0v) is 19.2. The van der Waals surface area contributed by atoms with Crippen molar-refractivity contribution in [3.8, 4) is 0 Å². The molecule has 28 heavy (non-hydrogen) atoms. The molecule has 2 aliphatic heterocycles. The predicted octanol–water partition coefficient (Wildman–Crippen LogP) is 1.72. The normalized spacial score (nSPS) is 20.1. The number of aromatic nitrogens is 3. The molecule has 3 heterocycles. The summed E-state index contributed by atoms with van der Waals surface area (Å²) in [5.74, 6) is 3.23. The van der Waals surface area contributed by atoms with Gasteiger partial charge in [0.2, 0.25) is 5.91 Å². The number of nitrogens with zero attached hydrogens (tertiary/aromatic N) is 5. The first-order valence-corrected chi connectivity index (χ1v) is 10.4. The molecule has 1 fully saturated rings. The number of aryl methyl sites for hydroxylation is 1. The molecule has 0 saturated carbocycles. The van der Waals surface area contributed by atoms with Crippen LogP contribution >= 0.6 is 24.0 Å². The minimum Gasteiger partial charge on any atom is -0.370 e. The Labute approximate surface area is 184 Å². The molecule has 2 aliphatic rings. The van der Waals surface area contributed by atoms with Crippen molar-refractivity contribution >= 4 is 35.8 Å². The molecule has 0 bridgehead atoms. The molecule has 3 rings (SSSR count). The molecule has 158 valence electrons. The van der Waals surface area contributed by atoms with Gasteiger partial charge in [0.15, 0.2) is 5.96 Å².